The monoisotopic (exact) mass is 1380 g/mol. The molecular weight excluding hydrogens is 1300 g/mol. The molecule has 11 N–H and O–H groups in total. The first-order valence-electron chi connectivity index (χ1n) is 28.9. The number of ether oxygens (including phenoxy) is 13. The van der Waals surface area contributed by atoms with Crippen LogP contribution in [0.5, 0.6) is 5.75 Å². The number of carbonyl (C=O) groups is 2. The highest BCUT2D eigenvalue weighted by Crippen LogP contribution is 2.38. The maximum absolute atomic E-state index is 13.8. The van der Waals surface area contributed by atoms with E-state index in [0.29, 0.717) is 24.5 Å². The van der Waals surface area contributed by atoms with Crippen molar-refractivity contribution < 1.29 is 152 Å². The van der Waals surface area contributed by atoms with Crippen LogP contribution in [0.3, 0.4) is 0 Å². The van der Waals surface area contributed by atoms with E-state index in [4.69, 9.17) is 76.4 Å². The van der Waals surface area contributed by atoms with Crippen LogP contribution in [0.1, 0.15) is 37.1 Å². The van der Waals surface area contributed by atoms with Crippen molar-refractivity contribution >= 4 is 27.1 Å². The molecule has 2 aromatic heterocycles. The summed E-state index contributed by atoms with van der Waals surface area (Å²) < 4.78 is 164. The van der Waals surface area contributed by atoms with Gasteiger partial charge in [-0.05, 0) is 12.8 Å². The summed E-state index contributed by atoms with van der Waals surface area (Å²) in [5.41, 5.74) is 1.03. The third-order valence-electron chi connectivity index (χ3n) is 13.3. The van der Waals surface area contributed by atoms with Gasteiger partial charge in [-0.25, -0.2) is 22.5 Å². The van der Waals surface area contributed by atoms with Gasteiger partial charge >= 0.3 is 21.2 Å². The lowest BCUT2D eigenvalue weighted by molar-refractivity contribution is -0.296. The van der Waals surface area contributed by atoms with E-state index >= 15 is 0 Å². The van der Waals surface area contributed by atoms with E-state index in [9.17, 15) is 71.3 Å². The zero-order valence-corrected chi connectivity index (χ0v) is 51.5. The van der Waals surface area contributed by atoms with Crippen molar-refractivity contribution in [3.63, 3.8) is 0 Å². The van der Waals surface area contributed by atoms with Crippen molar-refractivity contribution in [3.8, 4) is 5.75 Å². The summed E-state index contributed by atoms with van der Waals surface area (Å²) in [5, 5.41) is 80.3. The van der Waals surface area contributed by atoms with Gasteiger partial charge in [0.1, 0.15) is 36.6 Å². The van der Waals surface area contributed by atoms with E-state index in [1.807, 2.05) is 0 Å². The molecule has 2 saturated heterocycles. The van der Waals surface area contributed by atoms with E-state index < -0.39 is 148 Å². The number of benzene rings is 1. The highest BCUT2D eigenvalue weighted by molar-refractivity contribution is 7.52. The molecule has 5 rings (SSSR count). The van der Waals surface area contributed by atoms with Gasteiger partial charge in [-0.3, -0.25) is 18.7 Å². The molecule has 0 bridgehead atoms. The van der Waals surface area contributed by atoms with Crippen molar-refractivity contribution in [3.05, 3.63) is 52.9 Å². The van der Waals surface area contributed by atoms with Crippen LogP contribution in [0.2, 0.25) is 0 Å². The minimum absolute atomic E-state index is 0.0171. The molecule has 0 unspecified atom stereocenters. The van der Waals surface area contributed by atoms with Gasteiger partial charge in [-0.1, -0.05) is 10.4 Å². The van der Waals surface area contributed by atoms with Crippen LogP contribution in [-0.2, 0) is 101 Å². The Bertz CT molecular complexity index is 2590. The fourth-order valence-electron chi connectivity index (χ4n) is 8.42. The first kappa shape index (κ1) is 78.4. The number of carbonyl (C=O) groups excluding carboxylic acids is 2. The minimum Gasteiger partial charge on any atom is -0.420 e. The topological polar surface area (TPSA) is 464 Å². The second kappa shape index (κ2) is 40.9. The van der Waals surface area contributed by atoms with Gasteiger partial charge in [0.2, 0.25) is 40.7 Å². The normalized spacial score (nSPS) is 22.2. The van der Waals surface area contributed by atoms with Gasteiger partial charge in [-0.15, -0.1) is 10.2 Å². The number of rotatable bonds is 47. The van der Waals surface area contributed by atoms with Crippen LogP contribution >= 0.6 is 15.2 Å². The summed E-state index contributed by atoms with van der Waals surface area (Å²) in [6.07, 6.45) is -13.6. The van der Waals surface area contributed by atoms with E-state index in [1.54, 1.807) is 12.4 Å². The van der Waals surface area contributed by atoms with E-state index in [0.717, 1.165) is 0 Å². The SMILES string of the molecule is O=C(CCOCCOCCC(=O)Oc1c(F)c(F)c(F)c(F)c1F)NC(COCCOCCOCCn1cc(CCO[C@H]2O[C@H](CCP(=O)(O)O)[C@@H](O)[C@H](O)[C@@H]2O)nn1)COCCOCCOCCn1cc(CCO[C@H]2O[C@H](CCP(=O)(O)O)[C@@H](O)[C@H](O)[C@@H]2O)nn1. The standard InChI is InChI=1S/C51H80F5N7O27P2/c52-38-39(53)41(55)49(42(56)40(38)54)90-37(65)4-10-79-16-15-78-9-3-36(64)57-33(29-84-23-21-82-19-17-80-13-7-62-27-31(58-60-62)1-11-86-50-47(70)45(68)43(66)34(88-50)5-25-91(72,73)74)30-85-24-22-83-20-18-81-14-8-63-28-32(59-61-63)2-12-87-51-48(71)46(69)44(67)35(89-51)6-26-92(75,76)77/h27-28,33-35,43-48,50-51,66-71H,1-26,29-30H2,(H,57,64)(H2,72,73,74)(H2,75,76,77)/t34-,35-,43-,44-,45+,46+,47+,48+,50+,51+/m1/s1. The van der Waals surface area contributed by atoms with Crippen LogP contribution < -0.4 is 10.1 Å². The van der Waals surface area contributed by atoms with Crippen LogP contribution in [0.15, 0.2) is 12.4 Å². The van der Waals surface area contributed by atoms with E-state index in [-0.39, 0.29) is 151 Å². The molecule has 0 aliphatic carbocycles. The van der Waals surface area contributed by atoms with Crippen LogP contribution in [0.25, 0.3) is 0 Å². The number of nitrogens with zero attached hydrogens (tertiary/aromatic N) is 6. The Kier molecular flexibility index (Phi) is 34.9. The third-order valence-corrected chi connectivity index (χ3v) is 15.0. The third kappa shape index (κ3) is 28.5. The van der Waals surface area contributed by atoms with Gasteiger partial charge < -0.3 is 117 Å². The summed E-state index contributed by atoms with van der Waals surface area (Å²) >= 11 is 0. The lowest BCUT2D eigenvalue weighted by atomic mass is 9.97. The molecule has 3 aromatic rings. The highest BCUT2D eigenvalue weighted by atomic mass is 31.2. The summed E-state index contributed by atoms with van der Waals surface area (Å²) in [6, 6.07) is -0.632. The molecule has 1 amide bonds. The number of aromatic nitrogens is 6. The Labute approximate surface area is 522 Å². The molecule has 1 aromatic carbocycles. The maximum Gasteiger partial charge on any atom is 0.325 e. The molecule has 4 heterocycles. The molecule has 10 atom stereocenters. The first-order valence-corrected chi connectivity index (χ1v) is 32.5. The smallest absolute Gasteiger partial charge is 0.325 e. The van der Waals surface area contributed by atoms with Gasteiger partial charge in [0.15, 0.2) is 12.6 Å². The predicted molar refractivity (Wildman–Crippen MR) is 295 cm³/mol. The molecule has 2 aliphatic rings. The summed E-state index contributed by atoms with van der Waals surface area (Å²) in [6.45, 7) is 2.03. The number of aliphatic hydroxyl groups is 6. The fraction of sp³-hybridized carbons (Fsp3) is 0.765. The molecule has 34 nitrogen and oxygen atoms in total. The summed E-state index contributed by atoms with van der Waals surface area (Å²) in [5.74, 6) is -15.1. The summed E-state index contributed by atoms with van der Waals surface area (Å²) in [4.78, 5) is 61.5. The minimum atomic E-state index is -4.41. The lowest BCUT2D eigenvalue weighted by Gasteiger charge is -2.40. The average Bonchev–Trinajstić information content (AvgIpc) is 1.16. The maximum atomic E-state index is 13.8. The van der Waals surface area contributed by atoms with E-state index in [1.165, 1.54) is 9.36 Å². The van der Waals surface area contributed by atoms with Gasteiger partial charge in [-0.2, -0.15) is 8.78 Å². The lowest BCUT2D eigenvalue weighted by Crippen LogP contribution is -2.58. The molecule has 0 radical (unpaired) electrons. The first-order chi connectivity index (χ1) is 43.8. The van der Waals surface area contributed by atoms with Crippen molar-refractivity contribution in [1.82, 2.24) is 35.3 Å². The highest BCUT2D eigenvalue weighted by Gasteiger charge is 2.46. The van der Waals surface area contributed by atoms with Gasteiger partial charge in [0, 0.05) is 31.7 Å². The zero-order chi connectivity index (χ0) is 67.2. The Morgan fingerprint density at radius 1 is 0.500 bits per heavy atom. The Morgan fingerprint density at radius 3 is 1.28 bits per heavy atom. The second-order valence-corrected chi connectivity index (χ2v) is 24.1. The molecular formula is C51H80F5N7O27P2. The number of hydrogen-bond acceptors (Lipinski definition) is 27. The number of aliphatic hydroxyl groups excluding tert-OH is 6. The number of esters is 1. The van der Waals surface area contributed by atoms with Crippen LogP contribution in [0, 0.1) is 29.1 Å². The summed E-state index contributed by atoms with van der Waals surface area (Å²) in [7, 11) is -8.82. The van der Waals surface area contributed by atoms with Crippen molar-refractivity contribution in [2.24, 2.45) is 0 Å². The molecule has 526 valence electrons. The quantitative estimate of drug-likeness (QED) is 0.00515. The molecule has 2 fully saturated rings. The molecule has 41 heteroatoms. The fourth-order valence-corrected chi connectivity index (χ4v) is 9.60. The Hall–Kier alpha value is -4.33. The second-order valence-electron chi connectivity index (χ2n) is 20.5. The zero-order valence-electron chi connectivity index (χ0n) is 49.7. The average molecular weight is 1380 g/mol. The van der Waals surface area contributed by atoms with E-state index in [2.05, 4.69) is 30.7 Å². The number of halogens is 5. The molecule has 0 spiro atoms. The molecule has 2 aliphatic heterocycles. The van der Waals surface area contributed by atoms with Crippen LogP contribution in [-0.4, -0.2) is 291 Å². The number of amides is 1. The van der Waals surface area contributed by atoms with Crippen LogP contribution in [0.4, 0.5) is 22.0 Å². The predicted octanol–water partition coefficient (Wildman–Crippen LogP) is -2.86. The van der Waals surface area contributed by atoms with Gasteiger partial charge in [0.25, 0.3) is 0 Å². The van der Waals surface area contributed by atoms with Crippen molar-refractivity contribution in [2.45, 2.75) is 119 Å². The largest absolute Gasteiger partial charge is 0.420 e. The number of nitrogens with one attached hydrogen (secondary N) is 1. The van der Waals surface area contributed by atoms with Gasteiger partial charge in [0.05, 0.1) is 180 Å². The Morgan fingerprint density at radius 2 is 0.870 bits per heavy atom. The molecule has 92 heavy (non-hydrogen) atoms. The van der Waals surface area contributed by atoms with Crippen molar-refractivity contribution in [1.29, 1.82) is 0 Å². The Balaban J connectivity index is 0.927. The molecule has 0 saturated carbocycles. The van der Waals surface area contributed by atoms with Crippen molar-refractivity contribution in [2.75, 3.05) is 131 Å². The number of hydrogen-bond donors (Lipinski definition) is 11.